The first-order valence-electron chi connectivity index (χ1n) is 4.33. The molecule has 12 heavy (non-hydrogen) atoms. The fraction of sp³-hybridized carbons (Fsp3) is 0.875. The number of nitrogens with zero attached hydrogens (tertiary/aromatic N) is 1. The zero-order valence-electron chi connectivity index (χ0n) is 7.36. The molecule has 4 heteroatoms. The van der Waals surface area contributed by atoms with E-state index in [1.165, 1.54) is 0 Å². The van der Waals surface area contributed by atoms with Crippen molar-refractivity contribution in [1.82, 2.24) is 4.90 Å². The Morgan fingerprint density at radius 2 is 2.50 bits per heavy atom. The molecule has 1 amide bonds. The third kappa shape index (κ3) is 1.76. The van der Waals surface area contributed by atoms with Crippen molar-refractivity contribution in [1.29, 1.82) is 0 Å². The fourth-order valence-corrected chi connectivity index (χ4v) is 1.58. The normalized spacial score (nSPS) is 25.9. The highest BCUT2D eigenvalue weighted by Gasteiger charge is 2.29. The molecule has 0 aromatic heterocycles. The fourth-order valence-electron chi connectivity index (χ4n) is 1.58. The first kappa shape index (κ1) is 9.48. The van der Waals surface area contributed by atoms with E-state index >= 15 is 0 Å². The van der Waals surface area contributed by atoms with Crippen molar-refractivity contribution >= 4 is 5.91 Å². The lowest BCUT2D eigenvalue weighted by atomic mass is 10.2. The Labute approximate surface area is 72.3 Å². The van der Waals surface area contributed by atoms with E-state index in [-0.39, 0.29) is 18.6 Å². The molecule has 1 aliphatic heterocycles. The number of hydrogen-bond acceptors (Lipinski definition) is 3. The Kier molecular flexibility index (Phi) is 3.05. The van der Waals surface area contributed by atoms with Crippen molar-refractivity contribution < 1.29 is 9.90 Å². The van der Waals surface area contributed by atoms with Crippen LogP contribution in [0.4, 0.5) is 0 Å². The summed E-state index contributed by atoms with van der Waals surface area (Å²) in [5.74, 6) is -0.0495. The second kappa shape index (κ2) is 3.87. The Morgan fingerprint density at radius 3 is 3.00 bits per heavy atom. The van der Waals surface area contributed by atoms with Crippen LogP contribution >= 0.6 is 0 Å². The van der Waals surface area contributed by atoms with Crippen molar-refractivity contribution in [2.45, 2.75) is 31.8 Å². The number of aliphatic hydroxyl groups excluding tert-OH is 1. The molecule has 70 valence electrons. The van der Waals surface area contributed by atoms with Gasteiger partial charge in [-0.25, -0.2) is 0 Å². The molecular formula is C8H16N2O2. The maximum atomic E-state index is 11.4. The van der Waals surface area contributed by atoms with E-state index in [9.17, 15) is 4.79 Å². The molecule has 1 fully saturated rings. The third-order valence-electron chi connectivity index (χ3n) is 2.26. The summed E-state index contributed by atoms with van der Waals surface area (Å²) < 4.78 is 0. The lowest BCUT2D eigenvalue weighted by molar-refractivity contribution is -0.133. The Hall–Kier alpha value is -0.610. The van der Waals surface area contributed by atoms with E-state index in [0.29, 0.717) is 0 Å². The van der Waals surface area contributed by atoms with Gasteiger partial charge in [-0.2, -0.15) is 0 Å². The van der Waals surface area contributed by atoms with Gasteiger partial charge in [0, 0.05) is 6.54 Å². The SMILES string of the molecule is CC(N)C(=O)N1CCC[C@H]1CO. The van der Waals surface area contributed by atoms with Gasteiger partial charge in [0.2, 0.25) is 5.91 Å². The van der Waals surface area contributed by atoms with Crippen LogP contribution in [0.1, 0.15) is 19.8 Å². The zero-order valence-corrected chi connectivity index (χ0v) is 7.36. The Morgan fingerprint density at radius 1 is 1.83 bits per heavy atom. The standard InChI is InChI=1S/C8H16N2O2/c1-6(9)8(12)10-4-2-3-7(10)5-11/h6-7,11H,2-5,9H2,1H3/t6?,7-/m0/s1. The number of likely N-dealkylation sites (tertiary alicyclic amines) is 1. The van der Waals surface area contributed by atoms with Crippen LogP contribution in [0.2, 0.25) is 0 Å². The summed E-state index contributed by atoms with van der Waals surface area (Å²) in [5.41, 5.74) is 5.46. The lowest BCUT2D eigenvalue weighted by Gasteiger charge is -2.24. The molecule has 0 aromatic rings. The average molecular weight is 172 g/mol. The van der Waals surface area contributed by atoms with Gasteiger partial charge in [-0.05, 0) is 19.8 Å². The van der Waals surface area contributed by atoms with E-state index < -0.39 is 6.04 Å². The molecule has 0 bridgehead atoms. The molecule has 0 aliphatic carbocycles. The summed E-state index contributed by atoms with van der Waals surface area (Å²) in [6.07, 6.45) is 1.87. The molecule has 2 atom stereocenters. The number of hydrogen-bond donors (Lipinski definition) is 2. The molecule has 1 unspecified atom stereocenters. The first-order valence-corrected chi connectivity index (χ1v) is 4.33. The maximum Gasteiger partial charge on any atom is 0.239 e. The van der Waals surface area contributed by atoms with Crippen molar-refractivity contribution in [2.24, 2.45) is 5.73 Å². The van der Waals surface area contributed by atoms with Crippen LogP contribution < -0.4 is 5.73 Å². The van der Waals surface area contributed by atoms with Crippen LogP contribution in [0.5, 0.6) is 0 Å². The molecule has 1 saturated heterocycles. The number of nitrogens with two attached hydrogens (primary N) is 1. The van der Waals surface area contributed by atoms with Gasteiger partial charge in [-0.15, -0.1) is 0 Å². The van der Waals surface area contributed by atoms with Crippen molar-refractivity contribution in [3.05, 3.63) is 0 Å². The average Bonchev–Trinajstić information content (AvgIpc) is 2.49. The van der Waals surface area contributed by atoms with Crippen LogP contribution in [0.3, 0.4) is 0 Å². The summed E-state index contributed by atoms with van der Waals surface area (Å²) in [6.45, 7) is 2.47. The van der Waals surface area contributed by atoms with Crippen LogP contribution in [0.25, 0.3) is 0 Å². The summed E-state index contributed by atoms with van der Waals surface area (Å²) in [6, 6.07) is -0.444. The highest BCUT2D eigenvalue weighted by Crippen LogP contribution is 2.16. The summed E-state index contributed by atoms with van der Waals surface area (Å²) in [7, 11) is 0. The number of amides is 1. The number of rotatable bonds is 2. The second-order valence-electron chi connectivity index (χ2n) is 3.30. The van der Waals surface area contributed by atoms with Gasteiger partial charge in [-0.3, -0.25) is 4.79 Å². The Bertz CT molecular complexity index is 170. The topological polar surface area (TPSA) is 66.6 Å². The largest absolute Gasteiger partial charge is 0.394 e. The second-order valence-corrected chi connectivity index (χ2v) is 3.30. The van der Waals surface area contributed by atoms with E-state index in [1.54, 1.807) is 11.8 Å². The van der Waals surface area contributed by atoms with Gasteiger partial charge in [0.25, 0.3) is 0 Å². The number of carbonyl (C=O) groups is 1. The van der Waals surface area contributed by atoms with Crippen LogP contribution in [-0.4, -0.2) is 41.1 Å². The molecule has 0 aromatic carbocycles. The molecule has 4 nitrogen and oxygen atoms in total. The third-order valence-corrected chi connectivity index (χ3v) is 2.26. The van der Waals surface area contributed by atoms with Crippen LogP contribution in [-0.2, 0) is 4.79 Å². The number of carbonyl (C=O) groups excluding carboxylic acids is 1. The quantitative estimate of drug-likeness (QED) is 0.580. The van der Waals surface area contributed by atoms with Gasteiger partial charge in [-0.1, -0.05) is 0 Å². The lowest BCUT2D eigenvalue weighted by Crippen LogP contribution is -2.45. The minimum atomic E-state index is -0.447. The molecule has 1 heterocycles. The smallest absolute Gasteiger partial charge is 0.239 e. The molecule has 0 spiro atoms. The molecule has 0 saturated carbocycles. The Balaban J connectivity index is 2.55. The van der Waals surface area contributed by atoms with Crippen molar-refractivity contribution in [3.63, 3.8) is 0 Å². The van der Waals surface area contributed by atoms with Crippen molar-refractivity contribution in [3.8, 4) is 0 Å². The van der Waals surface area contributed by atoms with Gasteiger partial charge < -0.3 is 15.7 Å². The highest BCUT2D eigenvalue weighted by atomic mass is 16.3. The minimum Gasteiger partial charge on any atom is -0.394 e. The van der Waals surface area contributed by atoms with Crippen molar-refractivity contribution in [2.75, 3.05) is 13.2 Å². The van der Waals surface area contributed by atoms with Crippen LogP contribution in [0.15, 0.2) is 0 Å². The monoisotopic (exact) mass is 172 g/mol. The zero-order chi connectivity index (χ0) is 9.14. The highest BCUT2D eigenvalue weighted by molar-refractivity contribution is 5.81. The predicted octanol–water partition coefficient (Wildman–Crippen LogP) is -0.683. The minimum absolute atomic E-state index is 0.00324. The van der Waals surface area contributed by atoms with E-state index in [4.69, 9.17) is 10.8 Å². The number of aliphatic hydroxyl groups is 1. The molecular weight excluding hydrogens is 156 g/mol. The molecule has 3 N–H and O–H groups in total. The summed E-state index contributed by atoms with van der Waals surface area (Å²) in [5, 5.41) is 8.93. The summed E-state index contributed by atoms with van der Waals surface area (Å²) in [4.78, 5) is 13.1. The van der Waals surface area contributed by atoms with Gasteiger partial charge in [0.05, 0.1) is 18.7 Å². The summed E-state index contributed by atoms with van der Waals surface area (Å²) >= 11 is 0. The van der Waals surface area contributed by atoms with E-state index in [1.807, 2.05) is 0 Å². The molecule has 1 aliphatic rings. The molecule has 1 rings (SSSR count). The maximum absolute atomic E-state index is 11.4. The first-order chi connectivity index (χ1) is 5.66. The van der Waals surface area contributed by atoms with E-state index in [2.05, 4.69) is 0 Å². The molecule has 0 radical (unpaired) electrons. The van der Waals surface area contributed by atoms with E-state index in [0.717, 1.165) is 19.4 Å². The predicted molar refractivity (Wildman–Crippen MR) is 45.5 cm³/mol. The van der Waals surface area contributed by atoms with Crippen LogP contribution in [0, 0.1) is 0 Å². The van der Waals surface area contributed by atoms with Gasteiger partial charge >= 0.3 is 0 Å². The van der Waals surface area contributed by atoms with Gasteiger partial charge in [0.15, 0.2) is 0 Å². The van der Waals surface area contributed by atoms with Gasteiger partial charge in [0.1, 0.15) is 0 Å².